The number of anilines is 1. The number of nitrogens with one attached hydrogen (secondary N) is 1. The van der Waals surface area contributed by atoms with Gasteiger partial charge in [0.25, 0.3) is 5.91 Å². The van der Waals surface area contributed by atoms with Gasteiger partial charge >= 0.3 is 0 Å². The van der Waals surface area contributed by atoms with Crippen LogP contribution in [-0.4, -0.2) is 18.0 Å². The Morgan fingerprint density at radius 1 is 1.38 bits per heavy atom. The van der Waals surface area contributed by atoms with Crippen molar-refractivity contribution < 1.29 is 13.9 Å². The zero-order chi connectivity index (χ0) is 15.4. The van der Waals surface area contributed by atoms with E-state index in [-0.39, 0.29) is 17.4 Å². The third-order valence-corrected chi connectivity index (χ3v) is 3.09. The van der Waals surface area contributed by atoms with Gasteiger partial charge < -0.3 is 15.8 Å². The second kappa shape index (κ2) is 6.21. The number of nitrogens with two attached hydrogens (primary N) is 1. The Balaban J connectivity index is 2.12. The van der Waals surface area contributed by atoms with Gasteiger partial charge in [0.2, 0.25) is 0 Å². The number of carbonyl (C=O) groups excluding carboxylic acids is 1. The van der Waals surface area contributed by atoms with Crippen LogP contribution in [0.2, 0.25) is 0 Å². The normalized spacial score (nSPS) is 11.8. The quantitative estimate of drug-likeness (QED) is 0.905. The number of ether oxygens (including phenoxy) is 1. The molecule has 0 aliphatic heterocycles. The molecule has 0 aliphatic carbocycles. The first-order valence-corrected chi connectivity index (χ1v) is 6.37. The standard InChI is InChI=1S/C15H16FN3O2/c1-9(10-3-5-12(21-2)6-4-10)19-15(20)13-7-11(16)8-18-14(13)17/h3-9H,1-2H3,(H2,17,18)(H,19,20). The van der Waals surface area contributed by atoms with E-state index >= 15 is 0 Å². The van der Waals surface area contributed by atoms with Crippen LogP contribution in [0, 0.1) is 5.82 Å². The van der Waals surface area contributed by atoms with Crippen molar-refractivity contribution in [1.82, 2.24) is 10.3 Å². The zero-order valence-corrected chi connectivity index (χ0v) is 11.8. The van der Waals surface area contributed by atoms with Gasteiger partial charge in [0, 0.05) is 0 Å². The van der Waals surface area contributed by atoms with Crippen molar-refractivity contribution in [2.75, 3.05) is 12.8 Å². The van der Waals surface area contributed by atoms with Crippen LogP contribution in [0.15, 0.2) is 36.5 Å². The van der Waals surface area contributed by atoms with Gasteiger partial charge in [-0.25, -0.2) is 9.37 Å². The Kier molecular flexibility index (Phi) is 4.37. The molecule has 110 valence electrons. The van der Waals surface area contributed by atoms with Crippen LogP contribution in [0.25, 0.3) is 0 Å². The molecular weight excluding hydrogens is 273 g/mol. The lowest BCUT2D eigenvalue weighted by atomic mass is 10.1. The predicted octanol–water partition coefficient (Wildman–Crippen LogP) is 2.30. The fraction of sp³-hybridized carbons (Fsp3) is 0.200. The molecule has 0 aliphatic rings. The summed E-state index contributed by atoms with van der Waals surface area (Å²) in [6, 6.07) is 8.10. The Morgan fingerprint density at radius 2 is 2.05 bits per heavy atom. The van der Waals surface area contributed by atoms with Crippen molar-refractivity contribution >= 4 is 11.7 Å². The number of nitrogens with zero attached hydrogens (tertiary/aromatic N) is 1. The Bertz CT molecular complexity index is 644. The van der Waals surface area contributed by atoms with Gasteiger partial charge in [0.05, 0.1) is 24.9 Å². The molecule has 1 aromatic carbocycles. The molecule has 0 spiro atoms. The number of hydrogen-bond donors (Lipinski definition) is 2. The fourth-order valence-electron chi connectivity index (χ4n) is 1.88. The molecule has 0 saturated heterocycles. The highest BCUT2D eigenvalue weighted by atomic mass is 19.1. The van der Waals surface area contributed by atoms with Crippen molar-refractivity contribution in [3.8, 4) is 5.75 Å². The molecule has 2 rings (SSSR count). The summed E-state index contributed by atoms with van der Waals surface area (Å²) in [7, 11) is 1.58. The molecule has 0 saturated carbocycles. The number of hydrogen-bond acceptors (Lipinski definition) is 4. The summed E-state index contributed by atoms with van der Waals surface area (Å²) in [6.07, 6.45) is 0.971. The average Bonchev–Trinajstić information content (AvgIpc) is 2.49. The minimum Gasteiger partial charge on any atom is -0.497 e. The van der Waals surface area contributed by atoms with Crippen LogP contribution in [0.3, 0.4) is 0 Å². The van der Waals surface area contributed by atoms with Crippen LogP contribution >= 0.6 is 0 Å². The van der Waals surface area contributed by atoms with Crippen LogP contribution in [0.5, 0.6) is 5.75 Å². The van der Waals surface area contributed by atoms with Crippen molar-refractivity contribution in [3.05, 3.63) is 53.5 Å². The highest BCUT2D eigenvalue weighted by Gasteiger charge is 2.15. The summed E-state index contributed by atoms with van der Waals surface area (Å²) in [4.78, 5) is 15.7. The molecule has 0 fully saturated rings. The van der Waals surface area contributed by atoms with Gasteiger partial charge in [0.15, 0.2) is 0 Å². The van der Waals surface area contributed by atoms with Gasteiger partial charge in [-0.3, -0.25) is 4.79 Å². The van der Waals surface area contributed by atoms with E-state index in [1.165, 1.54) is 0 Å². The summed E-state index contributed by atoms with van der Waals surface area (Å²) >= 11 is 0. The summed E-state index contributed by atoms with van der Waals surface area (Å²) in [5, 5.41) is 2.75. The van der Waals surface area contributed by atoms with Crippen LogP contribution in [0.1, 0.15) is 28.9 Å². The summed E-state index contributed by atoms with van der Waals surface area (Å²) < 4.78 is 18.2. The molecule has 1 atom stereocenters. The van der Waals surface area contributed by atoms with Crippen molar-refractivity contribution in [1.29, 1.82) is 0 Å². The first-order valence-electron chi connectivity index (χ1n) is 6.37. The molecule has 2 aromatic rings. The Labute approximate surface area is 121 Å². The van der Waals surface area contributed by atoms with Crippen molar-refractivity contribution in [2.24, 2.45) is 0 Å². The number of rotatable bonds is 4. The highest BCUT2D eigenvalue weighted by molar-refractivity contribution is 5.98. The lowest BCUT2D eigenvalue weighted by Crippen LogP contribution is -2.27. The molecule has 0 radical (unpaired) electrons. The topological polar surface area (TPSA) is 77.2 Å². The molecule has 21 heavy (non-hydrogen) atoms. The maximum Gasteiger partial charge on any atom is 0.255 e. The number of aromatic nitrogens is 1. The van der Waals surface area contributed by atoms with Gasteiger partial charge in [-0.1, -0.05) is 12.1 Å². The van der Waals surface area contributed by atoms with E-state index in [4.69, 9.17) is 10.5 Å². The van der Waals surface area contributed by atoms with E-state index < -0.39 is 11.7 Å². The zero-order valence-electron chi connectivity index (χ0n) is 11.8. The fourth-order valence-corrected chi connectivity index (χ4v) is 1.88. The van der Waals surface area contributed by atoms with Gasteiger partial charge in [-0.05, 0) is 30.7 Å². The van der Waals surface area contributed by atoms with E-state index in [1.807, 2.05) is 19.1 Å². The summed E-state index contributed by atoms with van der Waals surface area (Å²) in [6.45, 7) is 1.82. The monoisotopic (exact) mass is 289 g/mol. The van der Waals surface area contributed by atoms with Crippen molar-refractivity contribution in [3.63, 3.8) is 0 Å². The number of halogens is 1. The van der Waals surface area contributed by atoms with E-state index in [9.17, 15) is 9.18 Å². The van der Waals surface area contributed by atoms with Crippen LogP contribution in [-0.2, 0) is 0 Å². The first-order chi connectivity index (χ1) is 10.0. The van der Waals surface area contributed by atoms with Gasteiger partial charge in [-0.15, -0.1) is 0 Å². The van der Waals surface area contributed by atoms with Gasteiger partial charge in [-0.2, -0.15) is 0 Å². The van der Waals surface area contributed by atoms with E-state index in [0.29, 0.717) is 0 Å². The second-order valence-corrected chi connectivity index (χ2v) is 4.55. The number of benzene rings is 1. The largest absolute Gasteiger partial charge is 0.497 e. The van der Waals surface area contributed by atoms with Crippen molar-refractivity contribution in [2.45, 2.75) is 13.0 Å². The Hall–Kier alpha value is -2.63. The van der Waals surface area contributed by atoms with Crippen LogP contribution in [0.4, 0.5) is 10.2 Å². The average molecular weight is 289 g/mol. The van der Waals surface area contributed by atoms with E-state index in [0.717, 1.165) is 23.6 Å². The Morgan fingerprint density at radius 3 is 2.67 bits per heavy atom. The maximum absolute atomic E-state index is 13.1. The molecule has 3 N–H and O–H groups in total. The number of nitrogen functional groups attached to an aromatic ring is 1. The molecule has 1 unspecified atom stereocenters. The number of carbonyl (C=O) groups is 1. The summed E-state index contributed by atoms with van der Waals surface area (Å²) in [5.41, 5.74) is 6.51. The SMILES string of the molecule is COc1ccc(C(C)NC(=O)c2cc(F)cnc2N)cc1. The molecule has 1 heterocycles. The molecule has 5 nitrogen and oxygen atoms in total. The van der Waals surface area contributed by atoms with Crippen LogP contribution < -0.4 is 15.8 Å². The summed E-state index contributed by atoms with van der Waals surface area (Å²) in [5.74, 6) is -0.346. The van der Waals surface area contributed by atoms with Gasteiger partial charge in [0.1, 0.15) is 17.4 Å². The smallest absolute Gasteiger partial charge is 0.255 e. The van der Waals surface area contributed by atoms with E-state index in [1.54, 1.807) is 19.2 Å². The second-order valence-electron chi connectivity index (χ2n) is 4.55. The molecule has 6 heteroatoms. The van der Waals surface area contributed by atoms with E-state index in [2.05, 4.69) is 10.3 Å². The third kappa shape index (κ3) is 3.47. The minimum atomic E-state index is -0.605. The minimum absolute atomic E-state index is 0.00386. The first kappa shape index (κ1) is 14.8. The molecule has 0 bridgehead atoms. The number of methoxy groups -OCH3 is 1. The lowest BCUT2D eigenvalue weighted by Gasteiger charge is -2.15. The molecular formula is C15H16FN3O2. The molecule has 1 aromatic heterocycles. The lowest BCUT2D eigenvalue weighted by molar-refractivity contribution is 0.0940. The number of pyridine rings is 1. The molecule has 1 amide bonds. The highest BCUT2D eigenvalue weighted by Crippen LogP contribution is 2.18. The third-order valence-electron chi connectivity index (χ3n) is 3.09. The predicted molar refractivity (Wildman–Crippen MR) is 77.5 cm³/mol. The maximum atomic E-state index is 13.1. The number of amides is 1.